The van der Waals surface area contributed by atoms with Crippen LogP contribution in [0.4, 0.5) is 11.4 Å². The first kappa shape index (κ1) is 20.0. The highest BCUT2D eigenvalue weighted by molar-refractivity contribution is 9.10. The van der Waals surface area contributed by atoms with E-state index in [0.717, 1.165) is 10.0 Å². The lowest BCUT2D eigenvalue weighted by molar-refractivity contribution is -0.385. The zero-order valence-corrected chi connectivity index (χ0v) is 17.5. The van der Waals surface area contributed by atoms with E-state index >= 15 is 0 Å². The second kappa shape index (κ2) is 8.53. The summed E-state index contributed by atoms with van der Waals surface area (Å²) in [6.45, 7) is 1.65. The minimum atomic E-state index is -0.470. The molecule has 1 aromatic heterocycles. The first-order valence-corrected chi connectivity index (χ1v) is 9.96. The Morgan fingerprint density at radius 2 is 2.04 bits per heavy atom. The van der Waals surface area contributed by atoms with Crippen molar-refractivity contribution in [2.45, 2.75) is 12.1 Å². The van der Waals surface area contributed by atoms with Gasteiger partial charge < -0.3 is 9.88 Å². The molecule has 1 amide bonds. The highest BCUT2D eigenvalue weighted by Gasteiger charge is 2.16. The number of nitro groups is 1. The lowest BCUT2D eigenvalue weighted by atomic mass is 10.2. The molecule has 2 aromatic carbocycles. The van der Waals surface area contributed by atoms with Gasteiger partial charge in [-0.05, 0) is 19.1 Å². The molecule has 0 aliphatic rings. The summed E-state index contributed by atoms with van der Waals surface area (Å²) < 4.78 is 2.72. The van der Waals surface area contributed by atoms with Crippen LogP contribution in [0.15, 0.2) is 52.1 Å². The highest BCUT2D eigenvalue weighted by atomic mass is 79.9. The zero-order chi connectivity index (χ0) is 20.3. The molecule has 8 nitrogen and oxygen atoms in total. The number of nitrogens with zero attached hydrogens (tertiary/aromatic N) is 4. The fourth-order valence-corrected chi connectivity index (χ4v) is 3.70. The van der Waals surface area contributed by atoms with Crippen molar-refractivity contribution in [1.82, 2.24) is 14.8 Å². The molecule has 0 fully saturated rings. The van der Waals surface area contributed by atoms with Crippen molar-refractivity contribution in [2.75, 3.05) is 11.1 Å². The molecule has 0 aliphatic carbocycles. The summed E-state index contributed by atoms with van der Waals surface area (Å²) >= 11 is 4.73. The number of benzene rings is 2. The maximum Gasteiger partial charge on any atom is 0.274 e. The summed E-state index contributed by atoms with van der Waals surface area (Å²) in [5.74, 6) is 0.502. The van der Waals surface area contributed by atoms with E-state index in [1.165, 1.54) is 17.8 Å². The molecule has 0 radical (unpaired) electrons. The molecule has 28 heavy (non-hydrogen) atoms. The Morgan fingerprint density at radius 1 is 1.29 bits per heavy atom. The Hall–Kier alpha value is -2.72. The fourth-order valence-electron chi connectivity index (χ4n) is 2.53. The number of amides is 1. The molecule has 0 spiro atoms. The quantitative estimate of drug-likeness (QED) is 0.335. The number of nitrogens with one attached hydrogen (secondary N) is 1. The predicted molar refractivity (Wildman–Crippen MR) is 111 cm³/mol. The summed E-state index contributed by atoms with van der Waals surface area (Å²) in [4.78, 5) is 22.8. The first-order chi connectivity index (χ1) is 13.4. The molecule has 1 N–H and O–H groups in total. The number of thioether (sulfide) groups is 1. The second-order valence-corrected chi connectivity index (χ2v) is 7.74. The summed E-state index contributed by atoms with van der Waals surface area (Å²) in [7, 11) is 1.83. The molecule has 0 unspecified atom stereocenters. The molecular weight excluding hydrogens is 446 g/mol. The van der Waals surface area contributed by atoms with E-state index in [0.29, 0.717) is 22.2 Å². The number of hydrogen-bond acceptors (Lipinski definition) is 6. The van der Waals surface area contributed by atoms with Crippen molar-refractivity contribution in [3.63, 3.8) is 0 Å². The minimum Gasteiger partial charge on any atom is -0.325 e. The van der Waals surface area contributed by atoms with E-state index in [-0.39, 0.29) is 17.3 Å². The third kappa shape index (κ3) is 4.39. The lowest BCUT2D eigenvalue weighted by Crippen LogP contribution is -2.14. The van der Waals surface area contributed by atoms with Crippen molar-refractivity contribution in [1.29, 1.82) is 0 Å². The van der Waals surface area contributed by atoms with Gasteiger partial charge in [0, 0.05) is 34.4 Å². The van der Waals surface area contributed by atoms with Crippen molar-refractivity contribution >= 4 is 45.0 Å². The van der Waals surface area contributed by atoms with Crippen LogP contribution in [0.25, 0.3) is 11.4 Å². The van der Waals surface area contributed by atoms with Gasteiger partial charge in [-0.3, -0.25) is 14.9 Å². The molecule has 1 heterocycles. The van der Waals surface area contributed by atoms with Gasteiger partial charge >= 0.3 is 0 Å². The standard InChI is InChI=1S/C18H16BrN5O3S/c1-11-7-8-12(9-15(11)24(26)27)20-16(25)10-28-18-22-21-17(23(18)2)13-5-3-4-6-14(13)19/h3-9H,10H2,1-2H3,(H,20,25). The van der Waals surface area contributed by atoms with Crippen LogP contribution < -0.4 is 5.32 Å². The van der Waals surface area contributed by atoms with Crippen LogP contribution >= 0.6 is 27.7 Å². The van der Waals surface area contributed by atoms with Gasteiger partial charge in [0.15, 0.2) is 11.0 Å². The Morgan fingerprint density at radius 3 is 2.75 bits per heavy atom. The maximum atomic E-state index is 12.2. The van der Waals surface area contributed by atoms with Gasteiger partial charge in [-0.25, -0.2) is 0 Å². The van der Waals surface area contributed by atoms with Crippen molar-refractivity contribution in [3.8, 4) is 11.4 Å². The first-order valence-electron chi connectivity index (χ1n) is 8.19. The number of anilines is 1. The lowest BCUT2D eigenvalue weighted by Gasteiger charge is -2.07. The van der Waals surface area contributed by atoms with Crippen LogP contribution in [0.1, 0.15) is 5.56 Å². The van der Waals surface area contributed by atoms with Crippen LogP contribution in [-0.4, -0.2) is 31.3 Å². The third-order valence-corrected chi connectivity index (χ3v) is 5.68. The molecule has 0 aliphatic heterocycles. The number of carbonyl (C=O) groups excluding carboxylic acids is 1. The topological polar surface area (TPSA) is 103 Å². The molecule has 10 heteroatoms. The molecule has 144 valence electrons. The fraction of sp³-hybridized carbons (Fsp3) is 0.167. The third-order valence-electron chi connectivity index (χ3n) is 3.97. The van der Waals surface area contributed by atoms with Gasteiger partial charge in [0.1, 0.15) is 0 Å². The van der Waals surface area contributed by atoms with Gasteiger partial charge in [-0.15, -0.1) is 10.2 Å². The number of carbonyl (C=O) groups is 1. The maximum absolute atomic E-state index is 12.2. The Kier molecular flexibility index (Phi) is 6.10. The van der Waals surface area contributed by atoms with Crippen LogP contribution in [-0.2, 0) is 11.8 Å². The second-order valence-electron chi connectivity index (χ2n) is 5.94. The highest BCUT2D eigenvalue weighted by Crippen LogP contribution is 2.28. The van der Waals surface area contributed by atoms with Crippen molar-refractivity contribution in [2.24, 2.45) is 7.05 Å². The normalized spacial score (nSPS) is 10.7. The number of aromatic nitrogens is 3. The predicted octanol–water partition coefficient (Wildman–Crippen LogP) is 4.19. The molecule has 3 aromatic rings. The minimum absolute atomic E-state index is 0.0307. The molecule has 3 rings (SSSR count). The Bertz CT molecular complexity index is 1050. The number of nitro benzene ring substituents is 1. The van der Waals surface area contributed by atoms with Gasteiger partial charge in [-0.2, -0.15) is 0 Å². The van der Waals surface area contributed by atoms with Gasteiger partial charge in [0.2, 0.25) is 5.91 Å². The molecule has 0 saturated carbocycles. The molecule has 0 bridgehead atoms. The van der Waals surface area contributed by atoms with Gasteiger partial charge in [0.25, 0.3) is 5.69 Å². The average molecular weight is 462 g/mol. The molecular formula is C18H16BrN5O3S. The summed E-state index contributed by atoms with van der Waals surface area (Å²) in [5.41, 5.74) is 1.79. The smallest absolute Gasteiger partial charge is 0.274 e. The number of rotatable bonds is 6. The molecule has 0 saturated heterocycles. The zero-order valence-electron chi connectivity index (χ0n) is 15.0. The van der Waals surface area contributed by atoms with E-state index < -0.39 is 4.92 Å². The van der Waals surface area contributed by atoms with E-state index in [4.69, 9.17) is 0 Å². The summed E-state index contributed by atoms with van der Waals surface area (Å²) in [6, 6.07) is 12.3. The van der Waals surface area contributed by atoms with Crippen molar-refractivity contribution in [3.05, 3.63) is 62.6 Å². The van der Waals surface area contributed by atoms with Gasteiger partial charge in [0.05, 0.1) is 10.7 Å². The van der Waals surface area contributed by atoms with Crippen LogP contribution in [0.3, 0.4) is 0 Å². The van der Waals surface area contributed by atoms with E-state index in [9.17, 15) is 14.9 Å². The Labute approximate surface area is 173 Å². The average Bonchev–Trinajstić information content (AvgIpc) is 3.02. The number of aryl methyl sites for hydroxylation is 1. The van der Waals surface area contributed by atoms with E-state index in [1.54, 1.807) is 19.1 Å². The van der Waals surface area contributed by atoms with Gasteiger partial charge in [-0.1, -0.05) is 52.0 Å². The summed E-state index contributed by atoms with van der Waals surface area (Å²) in [6.07, 6.45) is 0. The SMILES string of the molecule is Cc1ccc(NC(=O)CSc2nnc(-c3ccccc3Br)n2C)cc1[N+](=O)[O-]. The number of halogens is 1. The van der Waals surface area contributed by atoms with Crippen molar-refractivity contribution < 1.29 is 9.72 Å². The van der Waals surface area contributed by atoms with Crippen LogP contribution in [0, 0.1) is 17.0 Å². The monoisotopic (exact) mass is 461 g/mol. The molecule has 0 atom stereocenters. The number of hydrogen-bond donors (Lipinski definition) is 1. The van der Waals surface area contributed by atoms with E-state index in [2.05, 4.69) is 31.4 Å². The van der Waals surface area contributed by atoms with Crippen LogP contribution in [0.2, 0.25) is 0 Å². The summed E-state index contributed by atoms with van der Waals surface area (Å²) in [5, 5.41) is 22.6. The van der Waals surface area contributed by atoms with Crippen LogP contribution in [0.5, 0.6) is 0 Å². The van der Waals surface area contributed by atoms with E-state index in [1.807, 2.05) is 35.9 Å². The largest absolute Gasteiger partial charge is 0.325 e. The Balaban J connectivity index is 1.67.